The molecule has 0 aromatic heterocycles. The van der Waals surface area contributed by atoms with Crippen molar-refractivity contribution in [3.63, 3.8) is 0 Å². The second-order valence-electron chi connectivity index (χ2n) is 15.7. The molecule has 2 aromatic carbocycles. The van der Waals surface area contributed by atoms with Crippen molar-refractivity contribution in [3.05, 3.63) is 47.5 Å². The van der Waals surface area contributed by atoms with E-state index in [1.165, 1.54) is 63.8 Å². The minimum Gasteiger partial charge on any atom is -0.492 e. The number of fused-ring (bicyclic) bond motifs is 5. The van der Waals surface area contributed by atoms with E-state index in [2.05, 4.69) is 22.9 Å². The lowest BCUT2D eigenvalue weighted by molar-refractivity contribution is -0.144. The van der Waals surface area contributed by atoms with E-state index in [0.29, 0.717) is 66.0 Å². The topological polar surface area (TPSA) is 241 Å². The molecule has 4 bridgehead atoms. The van der Waals surface area contributed by atoms with E-state index in [0.717, 1.165) is 19.3 Å². The van der Waals surface area contributed by atoms with Gasteiger partial charge in [-0.2, -0.15) is 0 Å². The number of aliphatic carboxylic acids is 1. The van der Waals surface area contributed by atoms with Gasteiger partial charge in [-0.05, 0) is 74.5 Å². The Labute approximate surface area is 356 Å². The second kappa shape index (κ2) is 27.2. The van der Waals surface area contributed by atoms with Gasteiger partial charge in [-0.25, -0.2) is 4.79 Å². The molecule has 10 N–H and O–H groups in total. The highest BCUT2D eigenvalue weighted by Crippen LogP contribution is 2.40. The van der Waals surface area contributed by atoms with E-state index in [-0.39, 0.29) is 45.1 Å². The third kappa shape index (κ3) is 16.0. The fourth-order valence-corrected chi connectivity index (χ4v) is 7.41. The minimum atomic E-state index is -1.33. The SMILES string of the molecule is CCCCCCCCCCCCCC(=O)NC(CCCCN)C(=O)N(C)C1C(=O)NC(C)C(=O)NC(C(=O)O)Cc2ccc(OCCN)c(c2)-c2cc1ccc2OCCN. The van der Waals surface area contributed by atoms with Gasteiger partial charge in [0, 0.05) is 44.1 Å². The Hall–Kier alpha value is -4.73. The van der Waals surface area contributed by atoms with Gasteiger partial charge in [0.15, 0.2) is 0 Å². The molecule has 4 amide bonds. The maximum atomic E-state index is 14.5. The number of carboxylic acids is 1. The van der Waals surface area contributed by atoms with E-state index >= 15 is 0 Å². The summed E-state index contributed by atoms with van der Waals surface area (Å²) in [5, 5.41) is 18.3. The molecule has 0 saturated heterocycles. The Morgan fingerprint density at radius 2 is 1.37 bits per heavy atom. The zero-order chi connectivity index (χ0) is 43.9. The van der Waals surface area contributed by atoms with E-state index < -0.39 is 47.9 Å². The lowest BCUT2D eigenvalue weighted by Gasteiger charge is -2.32. The van der Waals surface area contributed by atoms with Crippen LogP contribution in [0, 0.1) is 0 Å². The number of hydrogen-bond acceptors (Lipinski definition) is 10. The third-order valence-corrected chi connectivity index (χ3v) is 10.8. The predicted octanol–water partition coefficient (Wildman–Crippen LogP) is 4.47. The largest absolute Gasteiger partial charge is 0.492 e. The van der Waals surface area contributed by atoms with E-state index in [1.54, 1.807) is 36.4 Å². The van der Waals surface area contributed by atoms with Crippen LogP contribution >= 0.6 is 0 Å². The molecule has 60 heavy (non-hydrogen) atoms. The zero-order valence-electron chi connectivity index (χ0n) is 36.1. The number of nitrogens with zero attached hydrogens (tertiary/aromatic N) is 1. The lowest BCUT2D eigenvalue weighted by atomic mass is 9.93. The summed E-state index contributed by atoms with van der Waals surface area (Å²) >= 11 is 0. The van der Waals surface area contributed by atoms with Crippen molar-refractivity contribution >= 4 is 29.6 Å². The first-order valence-electron chi connectivity index (χ1n) is 22.0. The number of rotatable bonds is 26. The molecule has 15 nitrogen and oxygen atoms in total. The van der Waals surface area contributed by atoms with Gasteiger partial charge in [0.2, 0.25) is 23.6 Å². The quantitative estimate of drug-likeness (QED) is 0.0652. The van der Waals surface area contributed by atoms with E-state index in [1.807, 2.05) is 0 Å². The van der Waals surface area contributed by atoms with Crippen LogP contribution in [-0.2, 0) is 30.4 Å². The van der Waals surface area contributed by atoms with Gasteiger partial charge < -0.3 is 52.6 Å². The van der Waals surface area contributed by atoms with Crippen LogP contribution in [0.1, 0.15) is 127 Å². The molecule has 15 heteroatoms. The molecule has 1 heterocycles. The summed E-state index contributed by atoms with van der Waals surface area (Å²) in [5.41, 5.74) is 19.4. The van der Waals surface area contributed by atoms with Crippen LogP contribution in [0.5, 0.6) is 11.5 Å². The van der Waals surface area contributed by atoms with Gasteiger partial charge in [-0.3, -0.25) is 19.2 Å². The highest BCUT2D eigenvalue weighted by Gasteiger charge is 2.36. The molecule has 0 aliphatic carbocycles. The highest BCUT2D eigenvalue weighted by atomic mass is 16.5. The van der Waals surface area contributed by atoms with Crippen LogP contribution in [0.25, 0.3) is 11.1 Å². The smallest absolute Gasteiger partial charge is 0.326 e. The molecule has 2 aromatic rings. The molecule has 0 fully saturated rings. The number of amides is 4. The Morgan fingerprint density at radius 3 is 1.95 bits per heavy atom. The number of nitrogens with one attached hydrogen (secondary N) is 3. The first-order valence-corrected chi connectivity index (χ1v) is 22.0. The number of carbonyl (C=O) groups is 5. The number of hydrogen-bond donors (Lipinski definition) is 7. The zero-order valence-corrected chi connectivity index (χ0v) is 36.1. The van der Waals surface area contributed by atoms with Gasteiger partial charge >= 0.3 is 5.97 Å². The number of benzene rings is 2. The van der Waals surface area contributed by atoms with Crippen molar-refractivity contribution in [1.82, 2.24) is 20.9 Å². The second-order valence-corrected chi connectivity index (χ2v) is 15.7. The van der Waals surface area contributed by atoms with Gasteiger partial charge in [0.1, 0.15) is 48.9 Å². The van der Waals surface area contributed by atoms with Crippen molar-refractivity contribution in [3.8, 4) is 22.6 Å². The summed E-state index contributed by atoms with van der Waals surface area (Å²) in [6.07, 6.45) is 14.4. The number of unbranched alkanes of at least 4 members (excludes halogenated alkanes) is 11. The van der Waals surface area contributed by atoms with Gasteiger partial charge in [-0.15, -0.1) is 0 Å². The van der Waals surface area contributed by atoms with Gasteiger partial charge in [0.25, 0.3) is 0 Å². The molecule has 0 saturated carbocycles. The summed E-state index contributed by atoms with van der Waals surface area (Å²) in [6.45, 7) is 4.86. The molecule has 1 aliphatic heterocycles. The molecule has 4 unspecified atom stereocenters. The summed E-state index contributed by atoms with van der Waals surface area (Å²) in [7, 11) is 1.49. The average Bonchev–Trinajstić information content (AvgIpc) is 3.23. The first kappa shape index (κ1) is 49.6. The number of carboxylic acid groups (broad SMARTS) is 1. The van der Waals surface area contributed by atoms with Crippen molar-refractivity contribution in [2.75, 3.05) is 39.9 Å². The molecule has 334 valence electrons. The highest BCUT2D eigenvalue weighted by molar-refractivity contribution is 5.96. The Balaban J connectivity index is 1.97. The fraction of sp³-hybridized carbons (Fsp3) is 0.622. The van der Waals surface area contributed by atoms with E-state index in [9.17, 15) is 29.1 Å². The Bertz CT molecular complexity index is 1670. The normalized spacial score (nSPS) is 17.1. The monoisotopic (exact) mass is 838 g/mol. The van der Waals surface area contributed by atoms with Crippen molar-refractivity contribution in [2.45, 2.75) is 141 Å². The average molecular weight is 838 g/mol. The predicted molar refractivity (Wildman–Crippen MR) is 233 cm³/mol. The van der Waals surface area contributed by atoms with Crippen LogP contribution in [0.4, 0.5) is 0 Å². The summed E-state index contributed by atoms with van der Waals surface area (Å²) in [4.78, 5) is 69.3. The van der Waals surface area contributed by atoms with Gasteiger partial charge in [-0.1, -0.05) is 83.3 Å². The maximum absolute atomic E-state index is 14.5. The standard InChI is InChI=1S/C45H71N7O8/c1-4-5-6-7-8-9-10-11-12-13-14-18-40(53)50-36(17-15-16-23-46)44(56)52(3)41-33-20-22-39(60-27-25-48)35(30-33)34-28-32(19-21-38(34)59-26-24-47)29-37(45(57)58)51-42(54)31(2)49-43(41)55/h19-22,28,30-31,36-37,41H,4-18,23-27,29,46-48H2,1-3H3,(H,49,55)(H,50,53)(H,51,54)(H,57,58). The van der Waals surface area contributed by atoms with Crippen LogP contribution in [0.3, 0.4) is 0 Å². The fourth-order valence-electron chi connectivity index (χ4n) is 7.41. The molecular formula is C45H71N7O8. The lowest BCUT2D eigenvalue weighted by Crippen LogP contribution is -2.54. The molecule has 0 radical (unpaired) electrons. The Morgan fingerprint density at radius 1 is 0.783 bits per heavy atom. The Kier molecular flexibility index (Phi) is 22.5. The molecule has 0 spiro atoms. The molecular weight excluding hydrogens is 767 g/mol. The first-order chi connectivity index (χ1) is 28.9. The van der Waals surface area contributed by atoms with Crippen LogP contribution in [-0.4, -0.2) is 97.6 Å². The maximum Gasteiger partial charge on any atom is 0.326 e. The summed E-state index contributed by atoms with van der Waals surface area (Å²) in [6, 6.07) is 5.47. The van der Waals surface area contributed by atoms with Gasteiger partial charge in [0.05, 0.1) is 0 Å². The summed E-state index contributed by atoms with van der Waals surface area (Å²) < 4.78 is 12.1. The molecule has 4 atom stereocenters. The number of nitrogens with two attached hydrogens (primary N) is 3. The van der Waals surface area contributed by atoms with Crippen LogP contribution in [0.15, 0.2) is 36.4 Å². The number of carbonyl (C=O) groups excluding carboxylic acids is 4. The molecule has 3 rings (SSSR count). The van der Waals surface area contributed by atoms with Crippen LogP contribution in [0.2, 0.25) is 0 Å². The minimum absolute atomic E-state index is 0.0685. The van der Waals surface area contributed by atoms with Crippen LogP contribution < -0.4 is 42.6 Å². The number of likely N-dealkylation sites (N-methyl/N-ethyl adjacent to an activating group) is 1. The molecule has 1 aliphatic rings. The summed E-state index contributed by atoms with van der Waals surface area (Å²) in [5.74, 6) is -2.59. The third-order valence-electron chi connectivity index (χ3n) is 10.8. The van der Waals surface area contributed by atoms with E-state index in [4.69, 9.17) is 26.7 Å². The van der Waals surface area contributed by atoms with Crippen molar-refractivity contribution < 1.29 is 38.6 Å². The van der Waals surface area contributed by atoms with Crippen molar-refractivity contribution in [1.29, 1.82) is 0 Å². The number of ether oxygens (including phenoxy) is 2. The van der Waals surface area contributed by atoms with Crippen molar-refractivity contribution in [2.24, 2.45) is 17.2 Å².